The zero-order valence-electron chi connectivity index (χ0n) is 8.66. The molecule has 2 rings (SSSR count). The highest BCUT2D eigenvalue weighted by atomic mass is 79.9. The molecule has 2 aromatic rings. The van der Waals surface area contributed by atoms with Crippen molar-refractivity contribution in [3.05, 3.63) is 40.3 Å². The Labute approximate surface area is 103 Å². The van der Waals surface area contributed by atoms with Gasteiger partial charge in [-0.25, -0.2) is 9.67 Å². The van der Waals surface area contributed by atoms with Gasteiger partial charge in [-0.05, 0) is 41.1 Å². The Morgan fingerprint density at radius 1 is 1.29 bits per heavy atom. The van der Waals surface area contributed by atoms with E-state index in [4.69, 9.17) is 0 Å². The standard InChI is InChI=1S/C10H7BrF3N3/c1-6-5-7(10(12,13)14)17(16-6)9-4-2-3-8(11)15-9/h2-5H,1H3. The average Bonchev–Trinajstić information content (AvgIpc) is 2.60. The third-order valence-electron chi connectivity index (χ3n) is 2.04. The van der Waals surface area contributed by atoms with Crippen LogP contribution < -0.4 is 0 Å². The lowest BCUT2D eigenvalue weighted by atomic mass is 10.3. The molecular formula is C10H7BrF3N3. The van der Waals surface area contributed by atoms with E-state index in [-0.39, 0.29) is 5.82 Å². The highest BCUT2D eigenvalue weighted by Crippen LogP contribution is 2.31. The van der Waals surface area contributed by atoms with Gasteiger partial charge in [-0.1, -0.05) is 6.07 Å². The minimum absolute atomic E-state index is 0.125. The molecule has 2 aromatic heterocycles. The molecule has 2 heterocycles. The molecule has 0 N–H and O–H groups in total. The third-order valence-corrected chi connectivity index (χ3v) is 2.48. The average molecular weight is 306 g/mol. The van der Waals surface area contributed by atoms with Crippen molar-refractivity contribution in [3.8, 4) is 5.82 Å². The molecule has 0 amide bonds. The van der Waals surface area contributed by atoms with Crippen molar-refractivity contribution in [2.75, 3.05) is 0 Å². The molecule has 0 saturated carbocycles. The molecule has 7 heteroatoms. The number of pyridine rings is 1. The number of hydrogen-bond acceptors (Lipinski definition) is 2. The summed E-state index contributed by atoms with van der Waals surface area (Å²) in [6.45, 7) is 1.50. The predicted octanol–water partition coefficient (Wildman–Crippen LogP) is 3.36. The maximum atomic E-state index is 12.7. The van der Waals surface area contributed by atoms with Crippen LogP contribution in [-0.4, -0.2) is 14.8 Å². The van der Waals surface area contributed by atoms with Gasteiger partial charge in [-0.15, -0.1) is 0 Å². The van der Waals surface area contributed by atoms with Crippen LogP contribution in [0.15, 0.2) is 28.9 Å². The molecule has 17 heavy (non-hydrogen) atoms. The van der Waals surface area contributed by atoms with Crippen LogP contribution in [0.5, 0.6) is 0 Å². The summed E-state index contributed by atoms with van der Waals surface area (Å²) in [5.41, 5.74) is -0.542. The molecule has 0 fully saturated rings. The first-order valence-electron chi connectivity index (χ1n) is 4.65. The van der Waals surface area contributed by atoms with Gasteiger partial charge in [-0.3, -0.25) is 0 Å². The van der Waals surface area contributed by atoms with E-state index in [9.17, 15) is 13.2 Å². The van der Waals surface area contributed by atoms with Gasteiger partial charge in [-0.2, -0.15) is 18.3 Å². The highest BCUT2D eigenvalue weighted by Gasteiger charge is 2.36. The summed E-state index contributed by atoms with van der Waals surface area (Å²) in [5, 5.41) is 3.80. The van der Waals surface area contributed by atoms with E-state index in [2.05, 4.69) is 26.0 Å². The normalized spacial score (nSPS) is 11.8. The summed E-state index contributed by atoms with van der Waals surface area (Å²) >= 11 is 3.11. The van der Waals surface area contributed by atoms with E-state index in [0.717, 1.165) is 10.7 Å². The van der Waals surface area contributed by atoms with E-state index in [1.165, 1.54) is 13.0 Å². The van der Waals surface area contributed by atoms with Crippen LogP contribution in [0.25, 0.3) is 5.82 Å². The fourth-order valence-electron chi connectivity index (χ4n) is 1.39. The molecule has 0 radical (unpaired) electrons. The van der Waals surface area contributed by atoms with Crippen molar-refractivity contribution < 1.29 is 13.2 Å². The number of rotatable bonds is 1. The lowest BCUT2D eigenvalue weighted by molar-refractivity contribution is -0.142. The zero-order valence-corrected chi connectivity index (χ0v) is 10.2. The van der Waals surface area contributed by atoms with Crippen LogP contribution in [0, 0.1) is 6.92 Å². The molecule has 0 saturated heterocycles. The molecule has 0 aliphatic carbocycles. The molecule has 0 aliphatic rings. The Kier molecular flexibility index (Phi) is 2.94. The summed E-state index contributed by atoms with van der Waals surface area (Å²) in [4.78, 5) is 3.95. The Balaban J connectivity index is 2.60. The van der Waals surface area contributed by atoms with Gasteiger partial charge in [0.05, 0.1) is 5.69 Å². The second-order valence-corrected chi connectivity index (χ2v) is 4.21. The minimum Gasteiger partial charge on any atom is -0.222 e. The van der Waals surface area contributed by atoms with Gasteiger partial charge in [0, 0.05) is 0 Å². The Bertz CT molecular complexity index is 548. The fraction of sp³-hybridized carbons (Fsp3) is 0.200. The molecular weight excluding hydrogens is 299 g/mol. The number of nitrogens with zero attached hydrogens (tertiary/aromatic N) is 3. The summed E-state index contributed by atoms with van der Waals surface area (Å²) < 4.78 is 39.5. The fourth-order valence-corrected chi connectivity index (χ4v) is 1.73. The zero-order chi connectivity index (χ0) is 12.6. The number of aromatic nitrogens is 3. The SMILES string of the molecule is Cc1cc(C(F)(F)F)n(-c2cccc(Br)n2)n1. The first-order chi connectivity index (χ1) is 7.88. The van der Waals surface area contributed by atoms with Crippen molar-refractivity contribution in [2.24, 2.45) is 0 Å². The summed E-state index contributed by atoms with van der Waals surface area (Å²) in [6, 6.07) is 5.69. The highest BCUT2D eigenvalue weighted by molar-refractivity contribution is 9.10. The van der Waals surface area contributed by atoms with Crippen LogP contribution in [0.1, 0.15) is 11.4 Å². The Hall–Kier alpha value is -1.37. The maximum Gasteiger partial charge on any atom is 0.433 e. The lowest BCUT2D eigenvalue weighted by Gasteiger charge is -2.09. The first-order valence-corrected chi connectivity index (χ1v) is 5.44. The lowest BCUT2D eigenvalue weighted by Crippen LogP contribution is -2.14. The Morgan fingerprint density at radius 3 is 2.59 bits per heavy atom. The van der Waals surface area contributed by atoms with E-state index in [1.807, 2.05) is 0 Å². The number of hydrogen-bond donors (Lipinski definition) is 0. The van der Waals surface area contributed by atoms with E-state index >= 15 is 0 Å². The quantitative estimate of drug-likeness (QED) is 0.756. The molecule has 0 spiro atoms. The molecule has 0 aliphatic heterocycles. The molecule has 0 atom stereocenters. The largest absolute Gasteiger partial charge is 0.433 e. The topological polar surface area (TPSA) is 30.7 Å². The third kappa shape index (κ3) is 2.49. The van der Waals surface area contributed by atoms with E-state index < -0.39 is 11.9 Å². The molecule has 90 valence electrons. The van der Waals surface area contributed by atoms with Gasteiger partial charge in [0.1, 0.15) is 10.3 Å². The van der Waals surface area contributed by atoms with Crippen LogP contribution in [-0.2, 0) is 6.18 Å². The van der Waals surface area contributed by atoms with Gasteiger partial charge in [0.15, 0.2) is 5.82 Å². The van der Waals surface area contributed by atoms with E-state index in [0.29, 0.717) is 10.3 Å². The van der Waals surface area contributed by atoms with Crippen molar-refractivity contribution >= 4 is 15.9 Å². The number of alkyl halides is 3. The van der Waals surface area contributed by atoms with Crippen molar-refractivity contribution in [2.45, 2.75) is 13.1 Å². The van der Waals surface area contributed by atoms with Crippen molar-refractivity contribution in [1.29, 1.82) is 0 Å². The first kappa shape index (κ1) is 12.1. The second kappa shape index (κ2) is 4.14. The van der Waals surface area contributed by atoms with E-state index in [1.54, 1.807) is 12.1 Å². The summed E-state index contributed by atoms with van der Waals surface area (Å²) in [5.74, 6) is 0.125. The van der Waals surface area contributed by atoms with Gasteiger partial charge < -0.3 is 0 Å². The summed E-state index contributed by atoms with van der Waals surface area (Å²) in [7, 11) is 0. The number of aryl methyl sites for hydroxylation is 1. The molecule has 0 aromatic carbocycles. The van der Waals surface area contributed by atoms with Crippen LogP contribution in [0.3, 0.4) is 0 Å². The van der Waals surface area contributed by atoms with Crippen molar-refractivity contribution in [3.63, 3.8) is 0 Å². The van der Waals surface area contributed by atoms with Gasteiger partial charge in [0.25, 0.3) is 0 Å². The van der Waals surface area contributed by atoms with Gasteiger partial charge in [0.2, 0.25) is 0 Å². The second-order valence-electron chi connectivity index (χ2n) is 3.40. The Morgan fingerprint density at radius 2 is 2.00 bits per heavy atom. The van der Waals surface area contributed by atoms with Crippen molar-refractivity contribution in [1.82, 2.24) is 14.8 Å². The molecule has 0 unspecified atom stereocenters. The van der Waals surface area contributed by atoms with Crippen LogP contribution in [0.2, 0.25) is 0 Å². The molecule has 3 nitrogen and oxygen atoms in total. The smallest absolute Gasteiger partial charge is 0.222 e. The predicted molar refractivity (Wildman–Crippen MR) is 58.8 cm³/mol. The monoisotopic (exact) mass is 305 g/mol. The molecule has 0 bridgehead atoms. The van der Waals surface area contributed by atoms with Crippen LogP contribution >= 0.6 is 15.9 Å². The maximum absolute atomic E-state index is 12.7. The number of halogens is 4. The summed E-state index contributed by atoms with van der Waals surface area (Å²) in [6.07, 6.45) is -4.45. The van der Waals surface area contributed by atoms with Gasteiger partial charge >= 0.3 is 6.18 Å². The minimum atomic E-state index is -4.45. The van der Waals surface area contributed by atoms with Crippen LogP contribution in [0.4, 0.5) is 13.2 Å².